The standard InChI is InChI=1S/C13H26N2O4/c1-12(2,3)19-11(17)15-9-7-6-8-13(4,14)10(16)18-5/h6-9,14H2,1-5H3,(H,15,17)/t13-/m1/s1. The van der Waals surface area contributed by atoms with Gasteiger partial charge in [0.1, 0.15) is 11.1 Å². The molecule has 0 fully saturated rings. The zero-order chi connectivity index (χ0) is 15.1. The van der Waals surface area contributed by atoms with Crippen molar-refractivity contribution in [2.75, 3.05) is 13.7 Å². The number of hydrogen-bond acceptors (Lipinski definition) is 5. The minimum absolute atomic E-state index is 0.424. The van der Waals surface area contributed by atoms with Crippen molar-refractivity contribution in [3.8, 4) is 0 Å². The predicted molar refractivity (Wildman–Crippen MR) is 72.7 cm³/mol. The van der Waals surface area contributed by atoms with Gasteiger partial charge in [-0.25, -0.2) is 4.79 Å². The molecule has 1 atom stereocenters. The Bertz CT molecular complexity index is 308. The highest BCUT2D eigenvalue weighted by molar-refractivity contribution is 5.79. The van der Waals surface area contributed by atoms with Crippen LogP contribution in [0.4, 0.5) is 4.79 Å². The first-order chi connectivity index (χ1) is 8.58. The lowest BCUT2D eigenvalue weighted by molar-refractivity contribution is -0.146. The number of amides is 1. The number of ether oxygens (including phenoxy) is 2. The van der Waals surface area contributed by atoms with Gasteiger partial charge < -0.3 is 20.5 Å². The molecule has 0 aromatic rings. The smallest absolute Gasteiger partial charge is 0.407 e. The first-order valence-electron chi connectivity index (χ1n) is 6.42. The van der Waals surface area contributed by atoms with Gasteiger partial charge in [-0.1, -0.05) is 0 Å². The maximum absolute atomic E-state index is 11.3. The van der Waals surface area contributed by atoms with Crippen LogP contribution >= 0.6 is 0 Å². The predicted octanol–water partition coefficient (Wildman–Crippen LogP) is 1.57. The van der Waals surface area contributed by atoms with E-state index in [1.165, 1.54) is 7.11 Å². The van der Waals surface area contributed by atoms with Crippen molar-refractivity contribution in [1.82, 2.24) is 5.32 Å². The molecule has 19 heavy (non-hydrogen) atoms. The van der Waals surface area contributed by atoms with Gasteiger partial charge in [-0.3, -0.25) is 4.79 Å². The molecule has 0 heterocycles. The normalized spacial score (nSPS) is 14.4. The van der Waals surface area contributed by atoms with E-state index in [4.69, 9.17) is 10.5 Å². The third kappa shape index (κ3) is 8.42. The van der Waals surface area contributed by atoms with Gasteiger partial charge in [0.05, 0.1) is 7.11 Å². The Kier molecular flexibility index (Phi) is 6.83. The quantitative estimate of drug-likeness (QED) is 0.566. The molecule has 112 valence electrons. The summed E-state index contributed by atoms with van der Waals surface area (Å²) in [5.74, 6) is -0.424. The van der Waals surface area contributed by atoms with E-state index in [0.717, 1.165) is 12.8 Å². The van der Waals surface area contributed by atoms with Crippen LogP contribution < -0.4 is 11.1 Å². The summed E-state index contributed by atoms with van der Waals surface area (Å²) in [6.07, 6.45) is 1.52. The lowest BCUT2D eigenvalue weighted by atomic mass is 9.96. The van der Waals surface area contributed by atoms with Gasteiger partial charge in [0.2, 0.25) is 0 Å². The molecule has 0 saturated heterocycles. The largest absolute Gasteiger partial charge is 0.468 e. The van der Waals surface area contributed by atoms with Crippen molar-refractivity contribution in [2.24, 2.45) is 5.73 Å². The van der Waals surface area contributed by atoms with Gasteiger partial charge >= 0.3 is 12.1 Å². The molecule has 1 amide bonds. The fourth-order valence-electron chi connectivity index (χ4n) is 1.46. The lowest BCUT2D eigenvalue weighted by Gasteiger charge is -2.21. The van der Waals surface area contributed by atoms with Crippen molar-refractivity contribution in [3.63, 3.8) is 0 Å². The van der Waals surface area contributed by atoms with Crippen LogP contribution in [-0.4, -0.2) is 36.9 Å². The van der Waals surface area contributed by atoms with Crippen LogP contribution in [0.1, 0.15) is 47.0 Å². The molecule has 3 N–H and O–H groups in total. The van der Waals surface area contributed by atoms with Crippen LogP contribution in [0.2, 0.25) is 0 Å². The number of alkyl carbamates (subject to hydrolysis) is 1. The summed E-state index contributed by atoms with van der Waals surface area (Å²) in [4.78, 5) is 22.7. The van der Waals surface area contributed by atoms with E-state index in [0.29, 0.717) is 13.0 Å². The van der Waals surface area contributed by atoms with Crippen molar-refractivity contribution < 1.29 is 19.1 Å². The van der Waals surface area contributed by atoms with Crippen molar-refractivity contribution >= 4 is 12.1 Å². The summed E-state index contributed by atoms with van der Waals surface area (Å²) in [6, 6.07) is 0. The van der Waals surface area contributed by atoms with E-state index < -0.39 is 23.2 Å². The summed E-state index contributed by atoms with van der Waals surface area (Å²) in [6.45, 7) is 7.56. The molecule has 0 aliphatic rings. The highest BCUT2D eigenvalue weighted by Gasteiger charge is 2.28. The Balaban J connectivity index is 3.77. The minimum atomic E-state index is -0.972. The third-order valence-corrected chi connectivity index (χ3v) is 2.44. The fourth-order valence-corrected chi connectivity index (χ4v) is 1.46. The summed E-state index contributed by atoms with van der Waals surface area (Å²) < 4.78 is 9.70. The highest BCUT2D eigenvalue weighted by Crippen LogP contribution is 2.12. The second-order valence-electron chi connectivity index (χ2n) is 5.79. The summed E-state index contributed by atoms with van der Waals surface area (Å²) in [7, 11) is 1.32. The third-order valence-electron chi connectivity index (χ3n) is 2.44. The molecule has 0 aromatic heterocycles. The Labute approximate surface area is 115 Å². The molecule has 0 aliphatic carbocycles. The monoisotopic (exact) mass is 274 g/mol. The van der Waals surface area contributed by atoms with Gasteiger partial charge in [-0.15, -0.1) is 0 Å². The topological polar surface area (TPSA) is 90.6 Å². The summed E-state index contributed by atoms with van der Waals surface area (Å²) >= 11 is 0. The Morgan fingerprint density at radius 1 is 1.16 bits per heavy atom. The molecule has 0 bridgehead atoms. The number of nitrogens with two attached hydrogens (primary N) is 1. The minimum Gasteiger partial charge on any atom is -0.468 e. The first-order valence-corrected chi connectivity index (χ1v) is 6.42. The van der Waals surface area contributed by atoms with Crippen LogP contribution in [0.3, 0.4) is 0 Å². The molecule has 0 rings (SSSR count). The molecule has 6 nitrogen and oxygen atoms in total. The van der Waals surface area contributed by atoms with Gasteiger partial charge in [0.25, 0.3) is 0 Å². The van der Waals surface area contributed by atoms with Gasteiger partial charge in [-0.2, -0.15) is 0 Å². The van der Waals surface area contributed by atoms with Gasteiger partial charge in [-0.05, 0) is 47.0 Å². The highest BCUT2D eigenvalue weighted by atomic mass is 16.6. The number of hydrogen-bond donors (Lipinski definition) is 2. The zero-order valence-electron chi connectivity index (χ0n) is 12.5. The van der Waals surface area contributed by atoms with Gasteiger partial charge in [0.15, 0.2) is 0 Å². The Hall–Kier alpha value is -1.30. The van der Waals surface area contributed by atoms with E-state index in [-0.39, 0.29) is 0 Å². The van der Waals surface area contributed by atoms with Crippen LogP contribution in [0.25, 0.3) is 0 Å². The molecular formula is C13H26N2O4. The zero-order valence-corrected chi connectivity index (χ0v) is 12.5. The average Bonchev–Trinajstić information content (AvgIpc) is 2.24. The van der Waals surface area contributed by atoms with E-state index in [9.17, 15) is 9.59 Å². The second kappa shape index (κ2) is 7.33. The van der Waals surface area contributed by atoms with Crippen LogP contribution in [0.5, 0.6) is 0 Å². The van der Waals surface area contributed by atoms with E-state index in [1.807, 2.05) is 20.8 Å². The maximum Gasteiger partial charge on any atom is 0.407 e. The fraction of sp³-hybridized carbons (Fsp3) is 0.846. The average molecular weight is 274 g/mol. The first kappa shape index (κ1) is 17.7. The molecule has 0 aromatic carbocycles. The van der Waals surface area contributed by atoms with Crippen LogP contribution in [0, 0.1) is 0 Å². The van der Waals surface area contributed by atoms with Gasteiger partial charge in [0, 0.05) is 6.54 Å². The summed E-state index contributed by atoms with van der Waals surface area (Å²) in [5.41, 5.74) is 4.34. The molecule has 0 aliphatic heterocycles. The molecular weight excluding hydrogens is 248 g/mol. The molecule has 0 radical (unpaired) electrons. The van der Waals surface area contributed by atoms with E-state index >= 15 is 0 Å². The Morgan fingerprint density at radius 2 is 1.74 bits per heavy atom. The Morgan fingerprint density at radius 3 is 2.21 bits per heavy atom. The molecule has 0 spiro atoms. The summed E-state index contributed by atoms with van der Waals surface area (Å²) in [5, 5.41) is 2.65. The molecule has 0 saturated carbocycles. The van der Waals surface area contributed by atoms with Crippen molar-refractivity contribution in [1.29, 1.82) is 0 Å². The number of nitrogens with one attached hydrogen (secondary N) is 1. The molecule has 6 heteroatoms. The van der Waals surface area contributed by atoms with Crippen molar-refractivity contribution in [3.05, 3.63) is 0 Å². The van der Waals surface area contributed by atoms with Crippen molar-refractivity contribution in [2.45, 2.75) is 58.1 Å². The maximum atomic E-state index is 11.3. The number of unbranched alkanes of at least 4 members (excludes halogenated alkanes) is 1. The van der Waals surface area contributed by atoms with Crippen LogP contribution in [0.15, 0.2) is 0 Å². The number of carbonyl (C=O) groups excluding carboxylic acids is 2. The lowest BCUT2D eigenvalue weighted by Crippen LogP contribution is -2.45. The SMILES string of the molecule is COC(=O)[C@](C)(N)CCCCNC(=O)OC(C)(C)C. The number of rotatable bonds is 6. The van der Waals surface area contributed by atoms with E-state index in [2.05, 4.69) is 10.1 Å². The number of esters is 1. The molecule has 0 unspecified atom stereocenters. The van der Waals surface area contributed by atoms with E-state index in [1.54, 1.807) is 6.92 Å². The van der Waals surface area contributed by atoms with Crippen LogP contribution in [-0.2, 0) is 14.3 Å². The number of methoxy groups -OCH3 is 1. The number of carbonyl (C=O) groups is 2. The second-order valence-corrected chi connectivity index (χ2v) is 5.79.